The van der Waals surface area contributed by atoms with Gasteiger partial charge < -0.3 is 14.8 Å². The maximum atomic E-state index is 13.0. The van der Waals surface area contributed by atoms with Crippen LogP contribution in [0.2, 0.25) is 0 Å². The van der Waals surface area contributed by atoms with Gasteiger partial charge in [0.25, 0.3) is 10.0 Å². The van der Waals surface area contributed by atoms with Crippen LogP contribution in [-0.4, -0.2) is 60.4 Å². The van der Waals surface area contributed by atoms with E-state index in [1.807, 2.05) is 36.1 Å². The van der Waals surface area contributed by atoms with Crippen molar-refractivity contribution < 1.29 is 16.1 Å². The monoisotopic (exact) mass is 494 g/mol. The third kappa shape index (κ3) is 4.83. The number of anilines is 2. The molecule has 0 unspecified atom stereocenters. The number of fused-ring (bicyclic) bond motifs is 1. The van der Waals surface area contributed by atoms with E-state index < -0.39 is 10.0 Å². The first kappa shape index (κ1) is 22.9. The van der Waals surface area contributed by atoms with Gasteiger partial charge in [0.15, 0.2) is 0 Å². The molecule has 1 fully saturated rings. The van der Waals surface area contributed by atoms with E-state index in [0.29, 0.717) is 32.6 Å². The fraction of sp³-hybridized carbons (Fsp3) is 0.240. The second-order valence-electron chi connectivity index (χ2n) is 8.51. The third-order valence-corrected chi connectivity index (χ3v) is 7.69. The summed E-state index contributed by atoms with van der Waals surface area (Å²) in [7, 11) is -3.74. The number of sulfonamides is 1. The lowest BCUT2D eigenvalue weighted by Crippen LogP contribution is -2.49. The summed E-state index contributed by atoms with van der Waals surface area (Å²) in [6, 6.07) is 16.3. The Morgan fingerprint density at radius 2 is 1.80 bits per heavy atom. The van der Waals surface area contributed by atoms with Crippen LogP contribution < -0.4 is 9.62 Å². The zero-order chi connectivity index (χ0) is 24.4. The number of nitrogens with one attached hydrogen (secondary N) is 2. The highest BCUT2D eigenvalue weighted by atomic mass is 32.2. The van der Waals surface area contributed by atoms with Crippen molar-refractivity contribution in [1.29, 1.82) is 0 Å². The molecule has 4 aromatic rings. The van der Waals surface area contributed by atoms with Gasteiger partial charge in [-0.1, -0.05) is 18.2 Å². The Morgan fingerprint density at radius 3 is 2.51 bits per heavy atom. The molecule has 0 radical (unpaired) electrons. The second kappa shape index (κ2) is 9.38. The predicted molar refractivity (Wildman–Crippen MR) is 139 cm³/mol. The van der Waals surface area contributed by atoms with E-state index in [0.717, 1.165) is 27.8 Å². The number of carbonyl (C=O) groups is 1. The van der Waals surface area contributed by atoms with Crippen LogP contribution in [-0.2, 0) is 21.2 Å². The third-order valence-electron chi connectivity index (χ3n) is 6.32. The Morgan fingerprint density at radius 1 is 1.06 bits per heavy atom. The molecule has 2 N–H and O–H groups in total. The van der Waals surface area contributed by atoms with Crippen molar-refractivity contribution >= 4 is 38.3 Å². The number of aryl methyl sites for hydroxylation is 1. The summed E-state index contributed by atoms with van der Waals surface area (Å²) in [5.74, 6) is 0.336. The van der Waals surface area contributed by atoms with Gasteiger partial charge in [-0.25, -0.2) is 18.4 Å². The van der Waals surface area contributed by atoms with Gasteiger partial charge in [-0.05, 0) is 48.9 Å². The summed E-state index contributed by atoms with van der Waals surface area (Å²) in [5, 5.41) is 1.10. The summed E-state index contributed by atoms with van der Waals surface area (Å²) < 4.78 is 27.7. The first-order valence-electron chi connectivity index (χ1n) is 11.4. The molecule has 1 aliphatic heterocycles. The fourth-order valence-corrected chi connectivity index (χ4v) is 5.43. The largest absolute Gasteiger partial charge is 0.368 e. The minimum absolute atomic E-state index is 0. The lowest BCUT2D eigenvalue weighted by atomic mass is 10.1. The molecule has 0 bridgehead atoms. The van der Waals surface area contributed by atoms with E-state index in [1.54, 1.807) is 24.3 Å². The summed E-state index contributed by atoms with van der Waals surface area (Å²) in [5.41, 5.74) is 4.06. The minimum Gasteiger partial charge on any atom is -0.368 e. The minimum atomic E-state index is -3.74. The molecule has 0 saturated carbocycles. The molecule has 1 saturated heterocycles. The molecule has 1 aliphatic rings. The highest BCUT2D eigenvalue weighted by Crippen LogP contribution is 2.24. The highest BCUT2D eigenvalue weighted by molar-refractivity contribution is 7.92. The molecule has 184 valence electrons. The van der Waals surface area contributed by atoms with Crippen LogP contribution in [0.1, 0.15) is 14.1 Å². The maximum Gasteiger partial charge on any atom is 0.263 e. The van der Waals surface area contributed by atoms with Gasteiger partial charge in [0.2, 0.25) is 5.91 Å². The molecule has 1 amide bonds. The number of hydrogen-bond acceptors (Lipinski definition) is 6. The van der Waals surface area contributed by atoms with Crippen LogP contribution in [0.4, 0.5) is 11.5 Å². The van der Waals surface area contributed by atoms with Gasteiger partial charge in [-0.15, -0.1) is 0 Å². The summed E-state index contributed by atoms with van der Waals surface area (Å²) >= 11 is 0. The van der Waals surface area contributed by atoms with Crippen molar-refractivity contribution in [2.75, 3.05) is 35.8 Å². The number of amides is 1. The number of H-pyrrole nitrogens is 1. The van der Waals surface area contributed by atoms with Crippen molar-refractivity contribution in [2.24, 2.45) is 0 Å². The van der Waals surface area contributed by atoms with Crippen molar-refractivity contribution in [3.05, 3.63) is 78.4 Å². The first-order chi connectivity index (χ1) is 16.9. The Hall–Kier alpha value is -3.92. The van der Waals surface area contributed by atoms with Crippen molar-refractivity contribution in [3.8, 4) is 0 Å². The van der Waals surface area contributed by atoms with E-state index in [9.17, 15) is 13.2 Å². The Labute approximate surface area is 206 Å². The van der Waals surface area contributed by atoms with Crippen molar-refractivity contribution in [3.63, 3.8) is 0 Å². The van der Waals surface area contributed by atoms with Crippen LogP contribution >= 0.6 is 0 Å². The van der Waals surface area contributed by atoms with Crippen molar-refractivity contribution in [2.45, 2.75) is 18.2 Å². The average Bonchev–Trinajstić information content (AvgIpc) is 3.19. The number of aromatic amines is 1. The number of para-hydroxylation sites is 1. The number of aromatic nitrogens is 3. The molecular weight excluding hydrogens is 464 g/mol. The molecule has 9 nitrogen and oxygen atoms in total. The van der Waals surface area contributed by atoms with Crippen LogP contribution in [0.15, 0.2) is 72.0 Å². The fourth-order valence-electron chi connectivity index (χ4n) is 4.42. The lowest BCUT2D eigenvalue weighted by molar-refractivity contribution is -0.130. The lowest BCUT2D eigenvalue weighted by Gasteiger charge is -2.36. The Bertz CT molecular complexity index is 1460. The quantitative estimate of drug-likeness (QED) is 0.425. The van der Waals surface area contributed by atoms with E-state index >= 15 is 0 Å². The van der Waals surface area contributed by atoms with Crippen LogP contribution in [0.3, 0.4) is 0 Å². The SMILES string of the molecule is Cc1[nH]c2ccccc2c1CC(=O)N1CCN(c2ccc(S(=O)(=O)Nc3ccncn3)cc2)CC1.[HH].[HH]. The zero-order valence-corrected chi connectivity index (χ0v) is 20.1. The topological polar surface area (TPSA) is 111 Å². The van der Waals surface area contributed by atoms with Crippen molar-refractivity contribution in [1.82, 2.24) is 19.9 Å². The van der Waals surface area contributed by atoms with Gasteiger partial charge in [-0.2, -0.15) is 0 Å². The molecule has 0 aliphatic carbocycles. The Balaban J connectivity index is 0.00000190. The van der Waals surface area contributed by atoms with E-state index in [2.05, 4.69) is 24.6 Å². The number of piperazine rings is 1. The molecule has 2 aromatic carbocycles. The maximum absolute atomic E-state index is 13.0. The highest BCUT2D eigenvalue weighted by Gasteiger charge is 2.23. The molecule has 0 atom stereocenters. The number of carbonyl (C=O) groups excluding carboxylic acids is 1. The smallest absolute Gasteiger partial charge is 0.263 e. The normalized spacial score (nSPS) is 14.3. The Kier molecular flexibility index (Phi) is 6.12. The molecule has 10 heteroatoms. The summed E-state index contributed by atoms with van der Waals surface area (Å²) in [6.07, 6.45) is 3.13. The molecular formula is C25H30N6O3S. The van der Waals surface area contributed by atoms with Gasteiger partial charge in [0.1, 0.15) is 12.1 Å². The van der Waals surface area contributed by atoms with Crippen LogP contribution in [0, 0.1) is 6.92 Å². The van der Waals surface area contributed by atoms with Gasteiger partial charge in [-0.3, -0.25) is 9.52 Å². The molecule has 2 aromatic heterocycles. The van der Waals surface area contributed by atoms with E-state index in [-0.39, 0.29) is 19.5 Å². The standard InChI is InChI=1S/C25H26N6O3S.2H2/c1-18-22(21-4-2-3-5-23(21)28-18)16-25(32)31-14-12-30(13-15-31)19-6-8-20(9-7-19)35(33,34)29-24-10-11-26-17-27-24;;/h2-11,17,28H,12-16H2,1H3,(H,26,27,29);2*1H. The molecule has 35 heavy (non-hydrogen) atoms. The van der Waals surface area contributed by atoms with Gasteiger partial charge in [0, 0.05) is 57.5 Å². The van der Waals surface area contributed by atoms with Gasteiger partial charge in [0.05, 0.1) is 11.3 Å². The number of rotatable bonds is 6. The first-order valence-corrected chi connectivity index (χ1v) is 12.9. The second-order valence-corrected chi connectivity index (χ2v) is 10.2. The number of nitrogens with zero attached hydrogens (tertiary/aromatic N) is 4. The van der Waals surface area contributed by atoms with Crippen LogP contribution in [0.5, 0.6) is 0 Å². The number of hydrogen-bond donors (Lipinski definition) is 2. The summed E-state index contributed by atoms with van der Waals surface area (Å²) in [4.78, 5) is 28.3. The molecule has 0 spiro atoms. The van der Waals surface area contributed by atoms with Gasteiger partial charge >= 0.3 is 0 Å². The van der Waals surface area contributed by atoms with Crippen LogP contribution in [0.25, 0.3) is 10.9 Å². The predicted octanol–water partition coefficient (Wildman–Crippen LogP) is 3.45. The zero-order valence-electron chi connectivity index (χ0n) is 19.3. The summed E-state index contributed by atoms with van der Waals surface area (Å²) in [6.45, 7) is 4.62. The van der Waals surface area contributed by atoms with E-state index in [1.165, 1.54) is 18.6 Å². The average molecular weight is 495 g/mol. The number of benzene rings is 2. The molecule has 5 rings (SSSR count). The molecule has 3 heterocycles. The van der Waals surface area contributed by atoms with E-state index in [4.69, 9.17) is 0 Å².